The van der Waals surface area contributed by atoms with Crippen molar-refractivity contribution in [2.75, 3.05) is 13.7 Å². The Morgan fingerprint density at radius 1 is 1.50 bits per heavy atom. The first-order valence-electron chi connectivity index (χ1n) is 4.83. The molecule has 5 nitrogen and oxygen atoms in total. The molecule has 0 spiro atoms. The van der Waals surface area contributed by atoms with Crippen LogP contribution in [0.1, 0.15) is 18.1 Å². The van der Waals surface area contributed by atoms with E-state index in [1.807, 2.05) is 25.6 Å². The third-order valence-electron chi connectivity index (χ3n) is 2.28. The first-order valence-corrected chi connectivity index (χ1v) is 4.83. The van der Waals surface area contributed by atoms with Crippen LogP contribution in [-0.4, -0.2) is 39.6 Å². The summed E-state index contributed by atoms with van der Waals surface area (Å²) in [4.78, 5) is 4.21. The van der Waals surface area contributed by atoms with E-state index in [0.717, 1.165) is 24.6 Å². The number of aryl methyl sites for hydroxylation is 3. The molecule has 0 saturated carbocycles. The molecule has 5 heteroatoms. The van der Waals surface area contributed by atoms with Gasteiger partial charge in [0.25, 0.3) is 0 Å². The number of aliphatic hydroxyl groups is 1. The van der Waals surface area contributed by atoms with Crippen LogP contribution in [0, 0.1) is 13.8 Å². The molecule has 0 bridgehead atoms. The van der Waals surface area contributed by atoms with Crippen molar-refractivity contribution in [2.24, 2.45) is 0 Å². The zero-order chi connectivity index (χ0) is 10.6. The summed E-state index contributed by atoms with van der Waals surface area (Å²) >= 11 is 0. The molecule has 1 heterocycles. The summed E-state index contributed by atoms with van der Waals surface area (Å²) in [6.45, 7) is 4.76. The maximum atomic E-state index is 8.97. The van der Waals surface area contributed by atoms with Crippen molar-refractivity contribution >= 4 is 0 Å². The quantitative estimate of drug-likeness (QED) is 0.691. The molecule has 1 atom stereocenters. The van der Waals surface area contributed by atoms with E-state index in [2.05, 4.69) is 15.4 Å². The van der Waals surface area contributed by atoms with Crippen molar-refractivity contribution in [1.82, 2.24) is 20.1 Å². The Labute approximate surface area is 84.2 Å². The molecule has 0 aromatic carbocycles. The molecule has 0 saturated heterocycles. The molecule has 0 radical (unpaired) electrons. The molecule has 1 aromatic rings. The molecule has 0 aliphatic rings. The second-order valence-corrected chi connectivity index (χ2v) is 3.39. The van der Waals surface area contributed by atoms with Gasteiger partial charge in [-0.3, -0.25) is 4.68 Å². The molecule has 2 N–H and O–H groups in total. The van der Waals surface area contributed by atoms with Gasteiger partial charge in [0.05, 0.1) is 6.61 Å². The van der Waals surface area contributed by atoms with Crippen LogP contribution < -0.4 is 5.32 Å². The monoisotopic (exact) mass is 198 g/mol. The smallest absolute Gasteiger partial charge is 0.147 e. The summed E-state index contributed by atoms with van der Waals surface area (Å²) in [5, 5.41) is 16.3. The summed E-state index contributed by atoms with van der Waals surface area (Å²) in [6, 6.07) is 0.138. The average molecular weight is 198 g/mol. The predicted octanol–water partition coefficient (Wildman–Crippen LogP) is -0.135. The van der Waals surface area contributed by atoms with Crippen LogP contribution in [-0.2, 0) is 6.54 Å². The van der Waals surface area contributed by atoms with Gasteiger partial charge < -0.3 is 10.4 Å². The van der Waals surface area contributed by atoms with Gasteiger partial charge in [-0.05, 0) is 27.3 Å². The lowest BCUT2D eigenvalue weighted by Crippen LogP contribution is -2.30. The van der Waals surface area contributed by atoms with Crippen LogP contribution >= 0.6 is 0 Å². The van der Waals surface area contributed by atoms with E-state index in [1.165, 1.54) is 0 Å². The number of rotatable bonds is 5. The van der Waals surface area contributed by atoms with Crippen LogP contribution in [0.25, 0.3) is 0 Å². The van der Waals surface area contributed by atoms with E-state index >= 15 is 0 Å². The summed E-state index contributed by atoms with van der Waals surface area (Å²) < 4.78 is 1.87. The van der Waals surface area contributed by atoms with Gasteiger partial charge in [-0.2, -0.15) is 5.10 Å². The predicted molar refractivity (Wildman–Crippen MR) is 54.0 cm³/mol. The lowest BCUT2D eigenvalue weighted by Gasteiger charge is -2.12. The maximum Gasteiger partial charge on any atom is 0.147 e. The van der Waals surface area contributed by atoms with E-state index in [9.17, 15) is 0 Å². The second-order valence-electron chi connectivity index (χ2n) is 3.39. The third-order valence-corrected chi connectivity index (χ3v) is 2.28. The van der Waals surface area contributed by atoms with Gasteiger partial charge in [-0.25, -0.2) is 4.98 Å². The summed E-state index contributed by atoms with van der Waals surface area (Å²) in [7, 11) is 1.85. The van der Waals surface area contributed by atoms with Crippen LogP contribution in [0.3, 0.4) is 0 Å². The fourth-order valence-corrected chi connectivity index (χ4v) is 1.38. The standard InChI is InChI=1S/C9H18N4O/c1-7-11-8(2)13(12-7)5-4-9(6-14)10-3/h9-10,14H,4-6H2,1-3H3. The highest BCUT2D eigenvalue weighted by Crippen LogP contribution is 1.99. The van der Waals surface area contributed by atoms with Gasteiger partial charge >= 0.3 is 0 Å². The molecule has 0 aliphatic carbocycles. The van der Waals surface area contributed by atoms with Crippen LogP contribution in [0.2, 0.25) is 0 Å². The van der Waals surface area contributed by atoms with Crippen molar-refractivity contribution in [3.05, 3.63) is 11.6 Å². The minimum atomic E-state index is 0.138. The van der Waals surface area contributed by atoms with Gasteiger partial charge in [-0.15, -0.1) is 0 Å². The minimum Gasteiger partial charge on any atom is -0.395 e. The Balaban J connectivity index is 2.48. The maximum absolute atomic E-state index is 8.97. The van der Waals surface area contributed by atoms with Crippen molar-refractivity contribution in [1.29, 1.82) is 0 Å². The van der Waals surface area contributed by atoms with Crippen LogP contribution in [0.5, 0.6) is 0 Å². The number of nitrogens with zero attached hydrogens (tertiary/aromatic N) is 3. The van der Waals surface area contributed by atoms with Crippen LogP contribution in [0.4, 0.5) is 0 Å². The van der Waals surface area contributed by atoms with E-state index in [4.69, 9.17) is 5.11 Å². The molecule has 0 aliphatic heterocycles. The van der Waals surface area contributed by atoms with Gasteiger partial charge in [0.1, 0.15) is 11.6 Å². The van der Waals surface area contributed by atoms with E-state index in [1.54, 1.807) is 0 Å². The van der Waals surface area contributed by atoms with Gasteiger partial charge in [0, 0.05) is 12.6 Å². The lowest BCUT2D eigenvalue weighted by atomic mass is 10.2. The highest BCUT2D eigenvalue weighted by molar-refractivity contribution is 4.87. The zero-order valence-electron chi connectivity index (χ0n) is 8.99. The highest BCUT2D eigenvalue weighted by atomic mass is 16.3. The van der Waals surface area contributed by atoms with Crippen LogP contribution in [0.15, 0.2) is 0 Å². The molecule has 1 rings (SSSR count). The van der Waals surface area contributed by atoms with Gasteiger partial charge in [0.2, 0.25) is 0 Å². The zero-order valence-corrected chi connectivity index (χ0v) is 8.99. The minimum absolute atomic E-state index is 0.138. The molecule has 1 unspecified atom stereocenters. The number of aliphatic hydroxyl groups excluding tert-OH is 1. The number of hydrogen-bond donors (Lipinski definition) is 2. The Kier molecular flexibility index (Phi) is 4.03. The molecule has 0 fully saturated rings. The molecule has 0 amide bonds. The molecular formula is C9H18N4O. The fourth-order valence-electron chi connectivity index (χ4n) is 1.38. The Morgan fingerprint density at radius 2 is 2.21 bits per heavy atom. The molecule has 80 valence electrons. The first kappa shape index (κ1) is 11.1. The largest absolute Gasteiger partial charge is 0.395 e. The molecular weight excluding hydrogens is 180 g/mol. The third kappa shape index (κ3) is 2.78. The lowest BCUT2D eigenvalue weighted by molar-refractivity contribution is 0.236. The molecule has 14 heavy (non-hydrogen) atoms. The fraction of sp³-hybridized carbons (Fsp3) is 0.778. The van der Waals surface area contributed by atoms with Crippen molar-refractivity contribution in [3.8, 4) is 0 Å². The van der Waals surface area contributed by atoms with E-state index in [-0.39, 0.29) is 12.6 Å². The second kappa shape index (κ2) is 5.07. The first-order chi connectivity index (χ1) is 6.67. The van der Waals surface area contributed by atoms with Crippen molar-refractivity contribution in [3.63, 3.8) is 0 Å². The Hall–Kier alpha value is -0.940. The Morgan fingerprint density at radius 3 is 2.64 bits per heavy atom. The highest BCUT2D eigenvalue weighted by Gasteiger charge is 2.06. The summed E-state index contributed by atoms with van der Waals surface area (Å²) in [5.41, 5.74) is 0. The summed E-state index contributed by atoms with van der Waals surface area (Å²) in [6.07, 6.45) is 0.858. The topological polar surface area (TPSA) is 63.0 Å². The SMILES string of the molecule is CNC(CO)CCn1nc(C)nc1C. The number of likely N-dealkylation sites (N-methyl/N-ethyl adjacent to an activating group) is 1. The van der Waals surface area contributed by atoms with Gasteiger partial charge in [-0.1, -0.05) is 0 Å². The number of hydrogen-bond acceptors (Lipinski definition) is 4. The van der Waals surface area contributed by atoms with E-state index in [0.29, 0.717) is 0 Å². The normalized spacial score (nSPS) is 13.1. The molecule has 1 aromatic heterocycles. The van der Waals surface area contributed by atoms with Crippen molar-refractivity contribution in [2.45, 2.75) is 32.9 Å². The average Bonchev–Trinajstić information content (AvgIpc) is 2.47. The van der Waals surface area contributed by atoms with E-state index < -0.39 is 0 Å². The van der Waals surface area contributed by atoms with Gasteiger partial charge in [0.15, 0.2) is 0 Å². The Bertz CT molecular complexity index is 280. The number of nitrogens with one attached hydrogen (secondary N) is 1. The number of aromatic nitrogens is 3. The summed E-state index contributed by atoms with van der Waals surface area (Å²) in [5.74, 6) is 1.72. The van der Waals surface area contributed by atoms with Crippen molar-refractivity contribution < 1.29 is 5.11 Å².